The van der Waals surface area contributed by atoms with Gasteiger partial charge in [0.1, 0.15) is 0 Å². The van der Waals surface area contributed by atoms with Gasteiger partial charge >= 0.3 is 0 Å². The molecule has 1 aromatic carbocycles. The third-order valence-corrected chi connectivity index (χ3v) is 6.73. The molecule has 1 aromatic heterocycles. The number of rotatable bonds is 4. The van der Waals surface area contributed by atoms with E-state index < -0.39 is 15.9 Å². The van der Waals surface area contributed by atoms with Gasteiger partial charge in [-0.2, -0.15) is 4.31 Å². The van der Waals surface area contributed by atoms with Crippen LogP contribution in [0.2, 0.25) is 5.02 Å². The fraction of sp³-hybridized carbons (Fsp3) is 0.333. The van der Waals surface area contributed by atoms with Crippen LogP contribution in [-0.2, 0) is 14.8 Å². The Morgan fingerprint density at radius 3 is 2.85 bits per heavy atom. The first-order valence-electron chi connectivity index (χ1n) is 8.35. The van der Waals surface area contributed by atoms with Crippen molar-refractivity contribution in [3.05, 3.63) is 53.3 Å². The third kappa shape index (κ3) is 4.06. The summed E-state index contributed by atoms with van der Waals surface area (Å²) in [4.78, 5) is 16.6. The average molecular weight is 394 g/mol. The first kappa shape index (κ1) is 18.8. The molecule has 1 amide bonds. The molecule has 0 aliphatic carbocycles. The molecular weight excluding hydrogens is 374 g/mol. The second kappa shape index (κ2) is 7.73. The lowest BCUT2D eigenvalue weighted by Gasteiger charge is -2.31. The Balaban J connectivity index is 1.75. The zero-order valence-electron chi connectivity index (χ0n) is 14.4. The largest absolute Gasteiger partial charge is 0.324 e. The summed E-state index contributed by atoms with van der Waals surface area (Å²) in [6, 6.07) is 8.18. The zero-order chi connectivity index (χ0) is 18.7. The molecule has 8 heteroatoms. The summed E-state index contributed by atoms with van der Waals surface area (Å²) in [6.07, 6.45) is 4.46. The van der Waals surface area contributed by atoms with Gasteiger partial charge < -0.3 is 5.32 Å². The number of nitrogens with zero attached hydrogens (tertiary/aromatic N) is 2. The van der Waals surface area contributed by atoms with Crippen molar-refractivity contribution in [1.29, 1.82) is 0 Å². The third-order valence-electron chi connectivity index (χ3n) is 4.47. The summed E-state index contributed by atoms with van der Waals surface area (Å²) in [5, 5.41) is 3.21. The highest BCUT2D eigenvalue weighted by Crippen LogP contribution is 2.27. The number of hydrogen-bond donors (Lipinski definition) is 1. The molecule has 0 saturated carbocycles. The molecule has 1 N–H and O–H groups in total. The Morgan fingerprint density at radius 1 is 1.35 bits per heavy atom. The van der Waals surface area contributed by atoms with Crippen molar-refractivity contribution in [2.75, 3.05) is 18.4 Å². The molecular formula is C18H20ClN3O3S. The lowest BCUT2D eigenvalue weighted by Crippen LogP contribution is -2.43. The van der Waals surface area contributed by atoms with Gasteiger partial charge in [0.25, 0.3) is 0 Å². The number of sulfonamides is 1. The molecule has 1 saturated heterocycles. The van der Waals surface area contributed by atoms with Crippen LogP contribution in [0.4, 0.5) is 5.69 Å². The van der Waals surface area contributed by atoms with Crippen molar-refractivity contribution in [3.8, 4) is 0 Å². The van der Waals surface area contributed by atoms with Crippen LogP contribution in [0, 0.1) is 12.8 Å². The normalized spacial score (nSPS) is 18.5. The molecule has 0 bridgehead atoms. The highest BCUT2D eigenvalue weighted by atomic mass is 35.5. The lowest BCUT2D eigenvalue weighted by atomic mass is 9.99. The number of aromatic nitrogens is 1. The highest BCUT2D eigenvalue weighted by molar-refractivity contribution is 7.89. The summed E-state index contributed by atoms with van der Waals surface area (Å²) in [7, 11) is -3.68. The minimum Gasteiger partial charge on any atom is -0.324 e. The number of benzene rings is 1. The second-order valence-electron chi connectivity index (χ2n) is 6.34. The van der Waals surface area contributed by atoms with Crippen LogP contribution >= 0.6 is 11.6 Å². The molecule has 2 aromatic rings. The van der Waals surface area contributed by atoms with E-state index in [2.05, 4.69) is 10.3 Å². The van der Waals surface area contributed by atoms with Crippen LogP contribution in [0.5, 0.6) is 0 Å². The van der Waals surface area contributed by atoms with Gasteiger partial charge in [-0.05, 0) is 49.6 Å². The summed E-state index contributed by atoms with van der Waals surface area (Å²) >= 11 is 6.08. The van der Waals surface area contributed by atoms with E-state index >= 15 is 0 Å². The van der Waals surface area contributed by atoms with Gasteiger partial charge in [-0.25, -0.2) is 8.42 Å². The van der Waals surface area contributed by atoms with Gasteiger partial charge in [0.05, 0.1) is 22.7 Å². The SMILES string of the molecule is Cc1ccc(S(=O)(=O)N2CCC[C@@H](C(=O)Nc3cccnc3)C2)cc1Cl. The topological polar surface area (TPSA) is 79.4 Å². The number of anilines is 1. The number of pyridine rings is 1. The van der Waals surface area contributed by atoms with E-state index in [0.29, 0.717) is 30.1 Å². The predicted molar refractivity (Wildman–Crippen MR) is 101 cm³/mol. The van der Waals surface area contributed by atoms with Gasteiger partial charge in [0, 0.05) is 24.3 Å². The summed E-state index contributed by atoms with van der Waals surface area (Å²) in [5.41, 5.74) is 1.42. The van der Waals surface area contributed by atoms with Gasteiger partial charge in [-0.1, -0.05) is 17.7 Å². The van der Waals surface area contributed by atoms with Crippen molar-refractivity contribution >= 4 is 33.2 Å². The van der Waals surface area contributed by atoms with Crippen molar-refractivity contribution < 1.29 is 13.2 Å². The molecule has 0 radical (unpaired) electrons. The van der Waals surface area contributed by atoms with E-state index in [0.717, 1.165) is 5.56 Å². The quantitative estimate of drug-likeness (QED) is 0.865. The molecule has 138 valence electrons. The first-order valence-corrected chi connectivity index (χ1v) is 10.2. The zero-order valence-corrected chi connectivity index (χ0v) is 15.9. The van der Waals surface area contributed by atoms with E-state index in [4.69, 9.17) is 11.6 Å². The van der Waals surface area contributed by atoms with Crippen molar-refractivity contribution in [2.24, 2.45) is 5.92 Å². The Labute approximate surface area is 158 Å². The molecule has 1 aliphatic heterocycles. The van der Waals surface area contributed by atoms with Crippen molar-refractivity contribution in [3.63, 3.8) is 0 Å². The molecule has 3 rings (SSSR count). The van der Waals surface area contributed by atoms with Crippen LogP contribution in [0.3, 0.4) is 0 Å². The predicted octanol–water partition coefficient (Wildman–Crippen LogP) is 3.08. The maximum absolute atomic E-state index is 12.9. The summed E-state index contributed by atoms with van der Waals surface area (Å²) in [6.45, 7) is 2.36. The number of piperidine rings is 1. The number of amides is 1. The number of carbonyl (C=O) groups is 1. The van der Waals surface area contributed by atoms with Crippen LogP contribution in [0.25, 0.3) is 0 Å². The maximum Gasteiger partial charge on any atom is 0.243 e. The molecule has 26 heavy (non-hydrogen) atoms. The summed E-state index contributed by atoms with van der Waals surface area (Å²) in [5.74, 6) is -0.598. The standard InChI is InChI=1S/C18H20ClN3O3S/c1-13-6-7-16(10-17(13)19)26(24,25)22-9-3-4-14(12-22)18(23)21-15-5-2-8-20-11-15/h2,5-8,10-11,14H,3-4,9,12H2,1H3,(H,21,23)/t14-/m1/s1. The lowest BCUT2D eigenvalue weighted by molar-refractivity contribution is -0.120. The van der Waals surface area contributed by atoms with Gasteiger partial charge in [0.15, 0.2) is 0 Å². The number of hydrogen-bond acceptors (Lipinski definition) is 4. The molecule has 1 atom stereocenters. The van der Waals surface area contributed by atoms with E-state index in [-0.39, 0.29) is 17.3 Å². The number of nitrogens with one attached hydrogen (secondary N) is 1. The Kier molecular flexibility index (Phi) is 5.60. The van der Waals surface area contributed by atoms with Gasteiger partial charge in [0.2, 0.25) is 15.9 Å². The molecule has 6 nitrogen and oxygen atoms in total. The Morgan fingerprint density at radius 2 is 2.15 bits per heavy atom. The monoisotopic (exact) mass is 393 g/mol. The number of aryl methyl sites for hydroxylation is 1. The number of halogens is 1. The molecule has 0 unspecified atom stereocenters. The molecule has 1 fully saturated rings. The molecule has 1 aliphatic rings. The van der Waals surface area contributed by atoms with Gasteiger partial charge in [-0.3, -0.25) is 9.78 Å². The second-order valence-corrected chi connectivity index (χ2v) is 8.69. The fourth-order valence-electron chi connectivity index (χ4n) is 2.94. The van der Waals surface area contributed by atoms with E-state index in [1.165, 1.54) is 10.4 Å². The van der Waals surface area contributed by atoms with Crippen molar-refractivity contribution in [2.45, 2.75) is 24.7 Å². The minimum atomic E-state index is -3.68. The Bertz CT molecular complexity index is 903. The smallest absolute Gasteiger partial charge is 0.243 e. The maximum atomic E-state index is 12.9. The highest BCUT2D eigenvalue weighted by Gasteiger charge is 2.33. The molecule has 2 heterocycles. The van der Waals surface area contributed by atoms with Crippen LogP contribution in [0.1, 0.15) is 18.4 Å². The number of carbonyl (C=O) groups excluding carboxylic acids is 1. The molecule has 0 spiro atoms. The van der Waals surface area contributed by atoms with Gasteiger partial charge in [-0.15, -0.1) is 0 Å². The van der Waals surface area contributed by atoms with E-state index in [1.54, 1.807) is 36.7 Å². The van der Waals surface area contributed by atoms with E-state index in [1.807, 2.05) is 6.92 Å². The van der Waals surface area contributed by atoms with Crippen molar-refractivity contribution in [1.82, 2.24) is 9.29 Å². The average Bonchev–Trinajstić information content (AvgIpc) is 2.65. The summed E-state index contributed by atoms with van der Waals surface area (Å²) < 4.78 is 27.2. The minimum absolute atomic E-state index is 0.153. The first-order chi connectivity index (χ1) is 12.4. The fourth-order valence-corrected chi connectivity index (χ4v) is 4.73. The van der Waals surface area contributed by atoms with Crippen LogP contribution in [0.15, 0.2) is 47.6 Å². The Hall–Kier alpha value is -1.96. The van der Waals surface area contributed by atoms with E-state index in [9.17, 15) is 13.2 Å². The van der Waals surface area contributed by atoms with Crippen LogP contribution in [-0.4, -0.2) is 36.7 Å². The van der Waals surface area contributed by atoms with Crippen LogP contribution < -0.4 is 5.32 Å².